The number of aromatic nitrogens is 1. The molecule has 1 aromatic rings. The van der Waals surface area contributed by atoms with Gasteiger partial charge in [-0.2, -0.15) is 0 Å². The van der Waals surface area contributed by atoms with E-state index in [9.17, 15) is 9.59 Å². The van der Waals surface area contributed by atoms with Gasteiger partial charge in [0.05, 0.1) is 5.01 Å². The van der Waals surface area contributed by atoms with Crippen LogP contribution in [-0.2, 0) is 11.2 Å². The SMILES string of the molecule is CC(C)Cc1nc(C(=O)N2CCCC(CCC(=O)O)C2)cs1. The summed E-state index contributed by atoms with van der Waals surface area (Å²) in [5.74, 6) is 0.0552. The Morgan fingerprint density at radius 1 is 1.50 bits per heavy atom. The number of hydrogen-bond acceptors (Lipinski definition) is 4. The van der Waals surface area contributed by atoms with Crippen LogP contribution < -0.4 is 0 Å². The molecule has 6 heteroatoms. The van der Waals surface area contributed by atoms with Crippen LogP contribution >= 0.6 is 11.3 Å². The van der Waals surface area contributed by atoms with E-state index in [1.54, 1.807) is 11.3 Å². The van der Waals surface area contributed by atoms with Crippen LogP contribution in [0.4, 0.5) is 0 Å². The van der Waals surface area contributed by atoms with E-state index in [1.807, 2.05) is 10.3 Å². The van der Waals surface area contributed by atoms with Crippen molar-refractivity contribution >= 4 is 23.2 Å². The minimum absolute atomic E-state index is 0.00807. The van der Waals surface area contributed by atoms with Crippen LogP contribution in [0.15, 0.2) is 5.38 Å². The molecule has 0 radical (unpaired) electrons. The topological polar surface area (TPSA) is 70.5 Å². The van der Waals surface area contributed by atoms with Gasteiger partial charge in [-0.25, -0.2) is 4.98 Å². The number of aliphatic carboxylic acids is 1. The summed E-state index contributed by atoms with van der Waals surface area (Å²) in [6, 6.07) is 0. The molecular formula is C16H24N2O3S. The molecule has 1 saturated heterocycles. The first-order valence-electron chi connectivity index (χ1n) is 7.91. The average molecular weight is 324 g/mol. The molecule has 1 aromatic heterocycles. The number of carboxylic acid groups (broad SMARTS) is 1. The molecule has 0 spiro atoms. The number of piperidine rings is 1. The summed E-state index contributed by atoms with van der Waals surface area (Å²) in [4.78, 5) is 29.5. The van der Waals surface area contributed by atoms with E-state index < -0.39 is 5.97 Å². The van der Waals surface area contributed by atoms with Gasteiger partial charge in [0.1, 0.15) is 5.69 Å². The molecular weight excluding hydrogens is 300 g/mol. The van der Waals surface area contributed by atoms with Gasteiger partial charge in [-0.05, 0) is 31.1 Å². The maximum Gasteiger partial charge on any atom is 0.303 e. The van der Waals surface area contributed by atoms with Gasteiger partial charge in [0, 0.05) is 31.3 Å². The monoisotopic (exact) mass is 324 g/mol. The number of thiazole rings is 1. The quantitative estimate of drug-likeness (QED) is 0.873. The van der Waals surface area contributed by atoms with Crippen molar-refractivity contribution in [3.63, 3.8) is 0 Å². The number of carbonyl (C=O) groups excluding carboxylic acids is 1. The van der Waals surface area contributed by atoms with Crippen molar-refractivity contribution in [1.29, 1.82) is 0 Å². The highest BCUT2D eigenvalue weighted by Gasteiger charge is 2.26. The Balaban J connectivity index is 1.93. The van der Waals surface area contributed by atoms with Crippen LogP contribution in [0.2, 0.25) is 0 Å². The van der Waals surface area contributed by atoms with Crippen LogP contribution in [0.3, 0.4) is 0 Å². The van der Waals surface area contributed by atoms with Gasteiger partial charge < -0.3 is 10.0 Å². The predicted octanol–water partition coefficient (Wildman–Crippen LogP) is 3.06. The summed E-state index contributed by atoms with van der Waals surface area (Å²) in [5, 5.41) is 11.6. The van der Waals surface area contributed by atoms with E-state index in [1.165, 1.54) is 0 Å². The highest BCUT2D eigenvalue weighted by molar-refractivity contribution is 7.09. The van der Waals surface area contributed by atoms with Crippen molar-refractivity contribution in [2.75, 3.05) is 13.1 Å². The van der Waals surface area contributed by atoms with Crippen molar-refractivity contribution in [2.45, 2.75) is 46.0 Å². The second-order valence-corrected chi connectivity index (χ2v) is 7.36. The van der Waals surface area contributed by atoms with E-state index >= 15 is 0 Å². The molecule has 1 amide bonds. The lowest BCUT2D eigenvalue weighted by Gasteiger charge is -2.32. The summed E-state index contributed by atoms with van der Waals surface area (Å²) in [6.45, 7) is 5.68. The Bertz CT molecular complexity index is 527. The maximum atomic E-state index is 12.5. The molecule has 1 atom stereocenters. The Labute approximate surface area is 135 Å². The number of likely N-dealkylation sites (tertiary alicyclic amines) is 1. The lowest BCUT2D eigenvalue weighted by Crippen LogP contribution is -2.40. The van der Waals surface area contributed by atoms with E-state index in [2.05, 4.69) is 18.8 Å². The van der Waals surface area contributed by atoms with Gasteiger partial charge in [-0.1, -0.05) is 13.8 Å². The molecule has 1 N–H and O–H groups in total. The fraction of sp³-hybridized carbons (Fsp3) is 0.688. The van der Waals surface area contributed by atoms with Crippen molar-refractivity contribution < 1.29 is 14.7 Å². The van der Waals surface area contributed by atoms with Crippen LogP contribution in [0.1, 0.15) is 55.0 Å². The van der Waals surface area contributed by atoms with Crippen LogP contribution in [-0.4, -0.2) is 40.0 Å². The average Bonchev–Trinajstić information content (AvgIpc) is 2.92. The van der Waals surface area contributed by atoms with E-state index in [4.69, 9.17) is 5.11 Å². The molecule has 1 aliphatic heterocycles. The minimum Gasteiger partial charge on any atom is -0.481 e. The number of hydrogen-bond donors (Lipinski definition) is 1. The number of nitrogens with zero attached hydrogens (tertiary/aromatic N) is 2. The molecule has 2 heterocycles. The zero-order valence-electron chi connectivity index (χ0n) is 13.2. The lowest BCUT2D eigenvalue weighted by atomic mass is 9.93. The first kappa shape index (κ1) is 16.9. The van der Waals surface area contributed by atoms with Crippen LogP contribution in [0, 0.1) is 11.8 Å². The normalized spacial score (nSPS) is 18.7. The third kappa shape index (κ3) is 4.80. The van der Waals surface area contributed by atoms with E-state index in [0.717, 1.165) is 30.8 Å². The van der Waals surface area contributed by atoms with Crippen LogP contribution in [0.25, 0.3) is 0 Å². The van der Waals surface area contributed by atoms with Gasteiger partial charge in [0.25, 0.3) is 5.91 Å². The summed E-state index contributed by atoms with van der Waals surface area (Å²) >= 11 is 1.55. The van der Waals surface area contributed by atoms with Crippen molar-refractivity contribution in [3.8, 4) is 0 Å². The molecule has 0 aliphatic carbocycles. The number of rotatable bonds is 6. The van der Waals surface area contributed by atoms with Crippen molar-refractivity contribution in [2.24, 2.45) is 11.8 Å². The number of carboxylic acids is 1. The van der Waals surface area contributed by atoms with E-state index in [0.29, 0.717) is 30.5 Å². The molecule has 122 valence electrons. The Morgan fingerprint density at radius 3 is 2.95 bits per heavy atom. The molecule has 1 fully saturated rings. The second-order valence-electron chi connectivity index (χ2n) is 6.42. The van der Waals surface area contributed by atoms with Crippen molar-refractivity contribution in [3.05, 3.63) is 16.1 Å². The molecule has 1 unspecified atom stereocenters. The summed E-state index contributed by atoms with van der Waals surface area (Å²) in [7, 11) is 0. The highest BCUT2D eigenvalue weighted by atomic mass is 32.1. The third-order valence-corrected chi connectivity index (χ3v) is 4.80. The molecule has 1 aliphatic rings. The molecule has 5 nitrogen and oxygen atoms in total. The smallest absolute Gasteiger partial charge is 0.303 e. The summed E-state index contributed by atoms with van der Waals surface area (Å²) in [5.41, 5.74) is 0.541. The van der Waals surface area contributed by atoms with Crippen LogP contribution in [0.5, 0.6) is 0 Å². The second kappa shape index (κ2) is 7.72. The van der Waals surface area contributed by atoms with Gasteiger partial charge in [-0.3, -0.25) is 9.59 Å². The third-order valence-electron chi connectivity index (χ3n) is 3.93. The lowest BCUT2D eigenvalue weighted by molar-refractivity contribution is -0.137. The number of amides is 1. The fourth-order valence-electron chi connectivity index (χ4n) is 2.83. The first-order chi connectivity index (χ1) is 10.5. The molecule has 0 bridgehead atoms. The molecule has 22 heavy (non-hydrogen) atoms. The highest BCUT2D eigenvalue weighted by Crippen LogP contribution is 2.23. The first-order valence-corrected chi connectivity index (χ1v) is 8.79. The van der Waals surface area contributed by atoms with Gasteiger partial charge >= 0.3 is 5.97 Å². The zero-order valence-corrected chi connectivity index (χ0v) is 14.1. The maximum absolute atomic E-state index is 12.5. The predicted molar refractivity (Wildman–Crippen MR) is 86.2 cm³/mol. The molecule has 0 aromatic carbocycles. The Kier molecular flexibility index (Phi) is 5.94. The largest absolute Gasteiger partial charge is 0.481 e. The van der Waals surface area contributed by atoms with E-state index in [-0.39, 0.29) is 12.3 Å². The number of carbonyl (C=O) groups is 2. The van der Waals surface area contributed by atoms with Crippen molar-refractivity contribution in [1.82, 2.24) is 9.88 Å². The zero-order chi connectivity index (χ0) is 16.1. The standard InChI is InChI=1S/C16H24N2O3S/c1-11(2)8-14-17-13(10-22-14)16(21)18-7-3-4-12(9-18)5-6-15(19)20/h10-12H,3-9H2,1-2H3,(H,19,20). The summed E-state index contributed by atoms with van der Waals surface area (Å²) < 4.78 is 0. The summed E-state index contributed by atoms with van der Waals surface area (Å²) in [6.07, 6.45) is 3.68. The van der Waals surface area contributed by atoms with Gasteiger partial charge in [-0.15, -0.1) is 11.3 Å². The fourth-order valence-corrected chi connectivity index (χ4v) is 3.81. The Morgan fingerprint density at radius 2 is 2.27 bits per heavy atom. The van der Waals surface area contributed by atoms with Gasteiger partial charge in [0.2, 0.25) is 0 Å². The van der Waals surface area contributed by atoms with Gasteiger partial charge in [0.15, 0.2) is 0 Å². The molecule has 0 saturated carbocycles. The molecule has 2 rings (SSSR count). The Hall–Kier alpha value is -1.43. The minimum atomic E-state index is -0.763.